The lowest BCUT2D eigenvalue weighted by molar-refractivity contribution is -0.291. The number of halogens is 3. The van der Waals surface area contributed by atoms with Crippen LogP contribution >= 0.6 is 0 Å². The smallest absolute Gasteiger partial charge is 0.380 e. The van der Waals surface area contributed by atoms with Gasteiger partial charge >= 0.3 is 12.2 Å². The highest BCUT2D eigenvalue weighted by Gasteiger charge is 2.61. The molecule has 1 atom stereocenters. The number of alkyl halides is 3. The van der Waals surface area contributed by atoms with Crippen LogP contribution in [-0.4, -0.2) is 46.4 Å². The van der Waals surface area contributed by atoms with Crippen LogP contribution in [0.4, 0.5) is 18.0 Å². The largest absolute Gasteiger partial charge is 0.417 e. The molecule has 1 saturated carbocycles. The van der Waals surface area contributed by atoms with E-state index in [0.29, 0.717) is 6.54 Å². The van der Waals surface area contributed by atoms with E-state index in [9.17, 15) is 23.1 Å². The van der Waals surface area contributed by atoms with Crippen molar-refractivity contribution < 1.29 is 23.1 Å². The van der Waals surface area contributed by atoms with E-state index in [1.54, 1.807) is 4.90 Å². The number of hydrogen-bond acceptors (Lipinski definition) is 2. The van der Waals surface area contributed by atoms with Crippen molar-refractivity contribution in [2.75, 3.05) is 6.54 Å². The lowest BCUT2D eigenvalue weighted by Gasteiger charge is -2.45. The third-order valence-electron chi connectivity index (χ3n) is 4.09. The third-order valence-corrected chi connectivity index (χ3v) is 4.09. The molecule has 2 amide bonds. The van der Waals surface area contributed by atoms with Crippen molar-refractivity contribution in [3.63, 3.8) is 0 Å². The molecular formula is C12H19F3N2O2. The van der Waals surface area contributed by atoms with Gasteiger partial charge in [-0.1, -0.05) is 0 Å². The molecule has 0 spiro atoms. The SMILES string of the molecule is CC1CCCCN1C(=O)NC1CC(O)(C(F)(F)F)C1. The summed E-state index contributed by atoms with van der Waals surface area (Å²) in [6.07, 6.45) is -2.61. The number of carbonyl (C=O) groups excluding carboxylic acids is 1. The first-order chi connectivity index (χ1) is 8.73. The third kappa shape index (κ3) is 2.80. The van der Waals surface area contributed by atoms with Crippen LogP contribution in [0.2, 0.25) is 0 Å². The fraction of sp³-hybridized carbons (Fsp3) is 0.917. The number of hydrogen-bond donors (Lipinski definition) is 2. The van der Waals surface area contributed by atoms with Crippen LogP contribution in [-0.2, 0) is 0 Å². The van der Waals surface area contributed by atoms with Gasteiger partial charge in [-0.15, -0.1) is 0 Å². The lowest BCUT2D eigenvalue weighted by Crippen LogP contribution is -2.63. The minimum Gasteiger partial charge on any atom is -0.380 e. The molecular weight excluding hydrogens is 261 g/mol. The van der Waals surface area contributed by atoms with E-state index >= 15 is 0 Å². The van der Waals surface area contributed by atoms with E-state index in [0.717, 1.165) is 19.3 Å². The first-order valence-corrected chi connectivity index (χ1v) is 6.59. The van der Waals surface area contributed by atoms with E-state index < -0.39 is 30.7 Å². The maximum Gasteiger partial charge on any atom is 0.417 e. The summed E-state index contributed by atoms with van der Waals surface area (Å²) in [7, 11) is 0. The van der Waals surface area contributed by atoms with Crippen molar-refractivity contribution in [3.05, 3.63) is 0 Å². The number of carbonyl (C=O) groups is 1. The first-order valence-electron chi connectivity index (χ1n) is 6.59. The Hall–Kier alpha value is -0.980. The van der Waals surface area contributed by atoms with Gasteiger partial charge in [0, 0.05) is 31.5 Å². The molecule has 1 saturated heterocycles. The molecule has 1 unspecified atom stereocenters. The number of piperidine rings is 1. The summed E-state index contributed by atoms with van der Waals surface area (Å²) in [6, 6.07) is -0.787. The van der Waals surface area contributed by atoms with Crippen molar-refractivity contribution in [1.82, 2.24) is 10.2 Å². The van der Waals surface area contributed by atoms with Gasteiger partial charge in [0.15, 0.2) is 5.60 Å². The van der Waals surface area contributed by atoms with Crippen molar-refractivity contribution in [3.8, 4) is 0 Å². The van der Waals surface area contributed by atoms with Crippen LogP contribution in [0.5, 0.6) is 0 Å². The molecule has 110 valence electrons. The highest BCUT2D eigenvalue weighted by molar-refractivity contribution is 5.75. The minimum absolute atomic E-state index is 0.121. The van der Waals surface area contributed by atoms with Gasteiger partial charge in [0.25, 0.3) is 0 Å². The molecule has 1 aliphatic carbocycles. The molecule has 19 heavy (non-hydrogen) atoms. The zero-order chi connectivity index (χ0) is 14.3. The molecule has 7 heteroatoms. The average molecular weight is 280 g/mol. The lowest BCUT2D eigenvalue weighted by atomic mass is 9.75. The van der Waals surface area contributed by atoms with Crippen molar-refractivity contribution >= 4 is 6.03 Å². The summed E-state index contributed by atoms with van der Waals surface area (Å²) < 4.78 is 37.3. The zero-order valence-electron chi connectivity index (χ0n) is 10.8. The normalized spacial score (nSPS) is 35.7. The van der Waals surface area contributed by atoms with Gasteiger partial charge in [0.2, 0.25) is 0 Å². The summed E-state index contributed by atoms with van der Waals surface area (Å²) in [6.45, 7) is 2.58. The number of nitrogens with zero attached hydrogens (tertiary/aromatic N) is 1. The van der Waals surface area contributed by atoms with E-state index in [1.165, 1.54) is 0 Å². The van der Waals surface area contributed by atoms with Gasteiger partial charge in [-0.05, 0) is 26.2 Å². The molecule has 2 rings (SSSR count). The van der Waals surface area contributed by atoms with Crippen LogP contribution in [0.15, 0.2) is 0 Å². The highest BCUT2D eigenvalue weighted by atomic mass is 19.4. The highest BCUT2D eigenvalue weighted by Crippen LogP contribution is 2.45. The molecule has 2 fully saturated rings. The molecule has 2 N–H and O–H groups in total. The maximum atomic E-state index is 12.4. The summed E-state index contributed by atoms with van der Waals surface area (Å²) >= 11 is 0. The fourth-order valence-corrected chi connectivity index (χ4v) is 2.75. The van der Waals surface area contributed by atoms with Crippen molar-refractivity contribution in [1.29, 1.82) is 0 Å². The predicted molar refractivity (Wildman–Crippen MR) is 62.6 cm³/mol. The van der Waals surface area contributed by atoms with Crippen LogP contribution in [0.1, 0.15) is 39.0 Å². The Morgan fingerprint density at radius 2 is 2.00 bits per heavy atom. The Kier molecular flexibility index (Phi) is 3.68. The summed E-state index contributed by atoms with van der Waals surface area (Å²) in [5, 5.41) is 11.9. The molecule has 0 radical (unpaired) electrons. The molecule has 0 aromatic rings. The Morgan fingerprint density at radius 1 is 1.37 bits per heavy atom. The Balaban J connectivity index is 1.82. The standard InChI is InChI=1S/C12H19F3N2O2/c1-8-4-2-3-5-17(8)10(18)16-9-6-11(19,7-9)12(13,14)15/h8-9,19H,2-7H2,1H3,(H,16,18). The van der Waals surface area contributed by atoms with Gasteiger partial charge in [-0.25, -0.2) is 4.79 Å². The van der Waals surface area contributed by atoms with Crippen LogP contribution in [0.25, 0.3) is 0 Å². The molecule has 1 heterocycles. The molecule has 1 aliphatic heterocycles. The Labute approximate surface area is 110 Å². The van der Waals surface area contributed by atoms with Crippen LogP contribution in [0, 0.1) is 0 Å². The Bertz CT molecular complexity index is 353. The molecule has 0 aromatic carbocycles. The second-order valence-corrected chi connectivity index (χ2v) is 5.62. The number of nitrogens with one attached hydrogen (secondary N) is 1. The number of likely N-dealkylation sites (tertiary alicyclic amines) is 1. The van der Waals surface area contributed by atoms with Gasteiger partial charge in [-0.2, -0.15) is 13.2 Å². The minimum atomic E-state index is -4.62. The zero-order valence-corrected chi connectivity index (χ0v) is 10.8. The number of aliphatic hydroxyl groups is 1. The molecule has 4 nitrogen and oxygen atoms in total. The quantitative estimate of drug-likeness (QED) is 0.772. The topological polar surface area (TPSA) is 52.6 Å². The molecule has 0 bridgehead atoms. The van der Waals surface area contributed by atoms with Gasteiger partial charge in [-0.3, -0.25) is 0 Å². The van der Waals surface area contributed by atoms with Gasteiger partial charge < -0.3 is 15.3 Å². The number of amides is 2. The van der Waals surface area contributed by atoms with E-state index in [-0.39, 0.29) is 12.1 Å². The number of rotatable bonds is 1. The van der Waals surface area contributed by atoms with Gasteiger partial charge in [0.05, 0.1) is 0 Å². The molecule has 0 aromatic heterocycles. The maximum absolute atomic E-state index is 12.4. The average Bonchev–Trinajstić information content (AvgIpc) is 2.25. The van der Waals surface area contributed by atoms with Crippen molar-refractivity contribution in [2.24, 2.45) is 0 Å². The Morgan fingerprint density at radius 3 is 2.53 bits per heavy atom. The van der Waals surface area contributed by atoms with E-state index in [2.05, 4.69) is 5.32 Å². The summed E-state index contributed by atoms with van der Waals surface area (Å²) in [5.74, 6) is 0. The van der Waals surface area contributed by atoms with E-state index in [1.807, 2.05) is 6.92 Å². The van der Waals surface area contributed by atoms with Gasteiger partial charge in [0.1, 0.15) is 0 Å². The second-order valence-electron chi connectivity index (χ2n) is 5.62. The van der Waals surface area contributed by atoms with Crippen molar-refractivity contribution in [2.45, 2.75) is 62.9 Å². The monoisotopic (exact) mass is 280 g/mol. The fourth-order valence-electron chi connectivity index (χ4n) is 2.75. The first kappa shape index (κ1) is 14.4. The number of urea groups is 1. The second kappa shape index (κ2) is 4.85. The van der Waals surface area contributed by atoms with Crippen LogP contribution in [0.3, 0.4) is 0 Å². The molecule has 2 aliphatic rings. The predicted octanol–water partition coefficient (Wildman–Crippen LogP) is 2.03. The summed E-state index contributed by atoms with van der Waals surface area (Å²) in [5.41, 5.74) is -2.63. The van der Waals surface area contributed by atoms with Crippen LogP contribution < -0.4 is 5.32 Å². The summed E-state index contributed by atoms with van der Waals surface area (Å²) in [4.78, 5) is 13.6. The van der Waals surface area contributed by atoms with E-state index in [4.69, 9.17) is 0 Å².